The summed E-state index contributed by atoms with van der Waals surface area (Å²) < 4.78 is 2.68. The third-order valence-electron chi connectivity index (χ3n) is 3.12. The first-order valence-electron chi connectivity index (χ1n) is 5.73. The van der Waals surface area contributed by atoms with Crippen molar-refractivity contribution in [3.05, 3.63) is 39.1 Å². The van der Waals surface area contributed by atoms with Crippen molar-refractivity contribution in [3.8, 4) is 11.3 Å². The molecule has 7 heteroatoms. The number of nitrogens with two attached hydrogens (primary N) is 1. The van der Waals surface area contributed by atoms with Crippen LogP contribution in [0.2, 0.25) is 0 Å². The average Bonchev–Trinajstić information content (AvgIpc) is 2.87. The highest BCUT2D eigenvalue weighted by atomic mass is 79.9. The number of rotatable bonds is 2. The van der Waals surface area contributed by atoms with Gasteiger partial charge in [0.25, 0.3) is 0 Å². The van der Waals surface area contributed by atoms with Crippen molar-refractivity contribution in [2.24, 2.45) is 12.8 Å². The molecule has 0 aliphatic heterocycles. The molecule has 0 spiro atoms. The fraction of sp³-hybridized carbons (Fsp3) is 0.167. The average molecular weight is 322 g/mol. The van der Waals surface area contributed by atoms with Gasteiger partial charge in [-0.3, -0.25) is 0 Å². The Morgan fingerprint density at radius 3 is 2.79 bits per heavy atom. The van der Waals surface area contributed by atoms with Gasteiger partial charge in [-0.05, 0) is 28.1 Å². The molecule has 0 bridgehead atoms. The molecule has 4 N–H and O–H groups in total. The maximum Gasteiger partial charge on any atom is 0.323 e. The molecule has 1 aromatic carbocycles. The van der Waals surface area contributed by atoms with Crippen LogP contribution in [-0.2, 0) is 13.6 Å². The topological polar surface area (TPSA) is 92.5 Å². The van der Waals surface area contributed by atoms with Gasteiger partial charge in [0.1, 0.15) is 10.4 Å². The summed E-state index contributed by atoms with van der Waals surface area (Å²) in [4.78, 5) is 21.1. The van der Waals surface area contributed by atoms with Crippen LogP contribution >= 0.6 is 15.9 Å². The van der Waals surface area contributed by atoms with Crippen molar-refractivity contribution < 1.29 is 0 Å². The number of benzene rings is 1. The molecule has 0 saturated heterocycles. The number of aromatic nitrogens is 4. The number of H-pyrrole nitrogens is 2. The van der Waals surface area contributed by atoms with Gasteiger partial charge in [-0.15, -0.1) is 0 Å². The Kier molecular flexibility index (Phi) is 2.79. The van der Waals surface area contributed by atoms with Crippen LogP contribution in [0, 0.1) is 0 Å². The number of fused-ring (bicyclic) bond motifs is 1. The fourth-order valence-corrected chi connectivity index (χ4v) is 2.88. The quantitative estimate of drug-likeness (QED) is 0.667. The van der Waals surface area contributed by atoms with Crippen molar-refractivity contribution in [2.75, 3.05) is 0 Å². The molecule has 0 fully saturated rings. The molecule has 0 radical (unpaired) electrons. The van der Waals surface area contributed by atoms with Crippen molar-refractivity contribution in [3.63, 3.8) is 0 Å². The van der Waals surface area contributed by atoms with E-state index in [-0.39, 0.29) is 5.69 Å². The third kappa shape index (κ3) is 1.91. The van der Waals surface area contributed by atoms with Gasteiger partial charge < -0.3 is 20.3 Å². The number of halogens is 1. The molecule has 3 aromatic rings. The second-order valence-corrected chi connectivity index (χ2v) is 5.02. The lowest BCUT2D eigenvalue weighted by Gasteiger charge is -2.05. The van der Waals surface area contributed by atoms with Crippen LogP contribution in [0.3, 0.4) is 0 Å². The minimum absolute atomic E-state index is 0.209. The second kappa shape index (κ2) is 4.36. The number of nitrogens with zero attached hydrogens (tertiary/aromatic N) is 2. The van der Waals surface area contributed by atoms with E-state index in [1.165, 1.54) is 0 Å². The largest absolute Gasteiger partial charge is 0.329 e. The van der Waals surface area contributed by atoms with Crippen molar-refractivity contribution >= 4 is 27.0 Å². The molecule has 0 amide bonds. The molecule has 0 atom stereocenters. The van der Waals surface area contributed by atoms with Crippen LogP contribution in [-0.4, -0.2) is 19.5 Å². The summed E-state index contributed by atoms with van der Waals surface area (Å²) in [5.41, 5.74) is 8.89. The smallest absolute Gasteiger partial charge is 0.323 e. The minimum Gasteiger partial charge on any atom is -0.329 e. The summed E-state index contributed by atoms with van der Waals surface area (Å²) in [5, 5.41) is 0. The van der Waals surface area contributed by atoms with E-state index in [1.54, 1.807) is 0 Å². The lowest BCUT2D eigenvalue weighted by Crippen LogP contribution is -2.05. The van der Waals surface area contributed by atoms with E-state index in [9.17, 15) is 4.79 Å². The summed E-state index contributed by atoms with van der Waals surface area (Å²) in [5.74, 6) is 0.796. The zero-order chi connectivity index (χ0) is 13.6. The van der Waals surface area contributed by atoms with E-state index in [1.807, 2.05) is 29.8 Å². The van der Waals surface area contributed by atoms with Gasteiger partial charge in [0, 0.05) is 12.6 Å². The monoisotopic (exact) mass is 321 g/mol. The van der Waals surface area contributed by atoms with E-state index in [0.29, 0.717) is 6.54 Å². The van der Waals surface area contributed by atoms with Crippen LogP contribution in [0.25, 0.3) is 22.3 Å². The summed E-state index contributed by atoms with van der Waals surface area (Å²) in [7, 11) is 1.92. The summed E-state index contributed by atoms with van der Waals surface area (Å²) in [6, 6.07) is 5.72. The Balaban J connectivity index is 2.23. The molecule has 19 heavy (non-hydrogen) atoms. The Hall–Kier alpha value is -1.86. The predicted molar refractivity (Wildman–Crippen MR) is 76.7 cm³/mol. The maximum absolute atomic E-state index is 11.3. The van der Waals surface area contributed by atoms with Gasteiger partial charge in [0.05, 0.1) is 23.3 Å². The Morgan fingerprint density at radius 1 is 1.37 bits per heavy atom. The first-order chi connectivity index (χ1) is 9.10. The standard InChI is InChI=1S/C12H12BrN5O/c1-18-9(5-14)17-11(13)10(18)6-2-3-7-8(4-6)16-12(19)15-7/h2-4H,5,14H2,1H3,(H2,15,16,19). The Morgan fingerprint density at radius 2 is 2.11 bits per heavy atom. The summed E-state index contributed by atoms with van der Waals surface area (Å²) >= 11 is 3.45. The first kappa shape index (κ1) is 12.2. The molecule has 98 valence electrons. The molecular formula is C12H12BrN5O. The molecule has 2 heterocycles. The SMILES string of the molecule is Cn1c(CN)nc(Br)c1-c1ccc2[nH]c(=O)[nH]c2c1. The van der Waals surface area contributed by atoms with Gasteiger partial charge in [0.15, 0.2) is 0 Å². The van der Waals surface area contributed by atoms with Crippen molar-refractivity contribution in [2.45, 2.75) is 6.54 Å². The molecule has 0 aliphatic carbocycles. The Bertz CT molecular complexity index is 813. The van der Waals surface area contributed by atoms with E-state index in [4.69, 9.17) is 5.73 Å². The highest BCUT2D eigenvalue weighted by molar-refractivity contribution is 9.10. The molecule has 6 nitrogen and oxygen atoms in total. The van der Waals surface area contributed by atoms with Crippen LogP contribution < -0.4 is 11.4 Å². The number of aromatic amines is 2. The maximum atomic E-state index is 11.3. The van der Waals surface area contributed by atoms with E-state index >= 15 is 0 Å². The van der Waals surface area contributed by atoms with Crippen molar-refractivity contribution in [1.29, 1.82) is 0 Å². The lowest BCUT2D eigenvalue weighted by atomic mass is 10.1. The molecule has 0 unspecified atom stereocenters. The van der Waals surface area contributed by atoms with E-state index in [2.05, 4.69) is 30.9 Å². The molecule has 2 aromatic heterocycles. The van der Waals surface area contributed by atoms with Crippen LogP contribution in [0.1, 0.15) is 5.82 Å². The minimum atomic E-state index is -0.209. The highest BCUT2D eigenvalue weighted by Crippen LogP contribution is 2.29. The third-order valence-corrected chi connectivity index (χ3v) is 3.67. The first-order valence-corrected chi connectivity index (χ1v) is 6.53. The van der Waals surface area contributed by atoms with Gasteiger partial charge in [-0.25, -0.2) is 9.78 Å². The van der Waals surface area contributed by atoms with Gasteiger partial charge in [0.2, 0.25) is 0 Å². The number of hydrogen-bond acceptors (Lipinski definition) is 3. The van der Waals surface area contributed by atoms with Gasteiger partial charge in [-0.1, -0.05) is 6.07 Å². The van der Waals surface area contributed by atoms with Crippen LogP contribution in [0.5, 0.6) is 0 Å². The fourth-order valence-electron chi connectivity index (χ4n) is 2.18. The molecule has 3 rings (SSSR count). The van der Waals surface area contributed by atoms with Crippen LogP contribution in [0.15, 0.2) is 27.6 Å². The zero-order valence-electron chi connectivity index (χ0n) is 10.2. The summed E-state index contributed by atoms with van der Waals surface area (Å²) in [6.07, 6.45) is 0. The molecular weight excluding hydrogens is 310 g/mol. The van der Waals surface area contributed by atoms with Crippen molar-refractivity contribution in [1.82, 2.24) is 19.5 Å². The van der Waals surface area contributed by atoms with Gasteiger partial charge in [-0.2, -0.15) is 0 Å². The normalized spacial score (nSPS) is 11.3. The molecule has 0 saturated carbocycles. The van der Waals surface area contributed by atoms with E-state index in [0.717, 1.165) is 32.7 Å². The number of imidazole rings is 2. The zero-order valence-corrected chi connectivity index (χ0v) is 11.8. The second-order valence-electron chi connectivity index (χ2n) is 4.27. The van der Waals surface area contributed by atoms with E-state index < -0.39 is 0 Å². The lowest BCUT2D eigenvalue weighted by molar-refractivity contribution is 0.798. The number of nitrogens with one attached hydrogen (secondary N) is 2. The summed E-state index contributed by atoms with van der Waals surface area (Å²) in [6.45, 7) is 0.373. The van der Waals surface area contributed by atoms with Crippen LogP contribution in [0.4, 0.5) is 0 Å². The Labute approximate surface area is 116 Å². The predicted octanol–water partition coefficient (Wildman–Crippen LogP) is 1.48. The number of hydrogen-bond donors (Lipinski definition) is 3. The highest BCUT2D eigenvalue weighted by Gasteiger charge is 2.14. The van der Waals surface area contributed by atoms with Gasteiger partial charge >= 0.3 is 5.69 Å². The molecule has 0 aliphatic rings.